The van der Waals surface area contributed by atoms with Crippen LogP contribution in [-0.4, -0.2) is 95.6 Å². The van der Waals surface area contributed by atoms with Crippen molar-refractivity contribution in [3.05, 3.63) is 16.7 Å². The second-order valence-electron chi connectivity index (χ2n) is 8.33. The highest BCUT2D eigenvalue weighted by Crippen LogP contribution is 2.57. The maximum absolute atomic E-state index is 14.1. The number of aliphatic hydroxyl groups is 4. The number of nitrogens with zero attached hydrogens (tertiary/aromatic N) is 3. The molecule has 38 heavy (non-hydrogen) atoms. The first kappa shape index (κ1) is 29.1. The zero-order chi connectivity index (χ0) is 28.2. The van der Waals surface area contributed by atoms with Crippen LogP contribution in [0.15, 0.2) is 11.1 Å². The van der Waals surface area contributed by atoms with Gasteiger partial charge in [-0.3, -0.25) is 28.0 Å². The third kappa shape index (κ3) is 5.82. The highest BCUT2D eigenvalue weighted by atomic mass is 31.3. The predicted octanol–water partition coefficient (Wildman–Crippen LogP) is -3.89. The molecule has 22 heteroatoms. The van der Waals surface area contributed by atoms with Crippen molar-refractivity contribution in [2.45, 2.75) is 62.2 Å². The van der Waals surface area contributed by atoms with Gasteiger partial charge in [0.1, 0.15) is 30.5 Å². The van der Waals surface area contributed by atoms with E-state index in [1.807, 2.05) is 0 Å². The maximum atomic E-state index is 14.1. The Bertz CT molecular complexity index is 1330. The molecule has 214 valence electrons. The normalized spacial score (nSPS) is 37.2. The number of rotatable bonds is 8. The fourth-order valence-corrected chi connectivity index (χ4v) is 5.83. The molecule has 0 bridgehead atoms. The predicted molar refractivity (Wildman–Crippen MR) is 113 cm³/mol. The lowest BCUT2D eigenvalue weighted by Gasteiger charge is -2.40. The zero-order valence-corrected chi connectivity index (χ0v) is 20.8. The minimum Gasteiger partial charge on any atom is -0.756 e. The molecule has 2 saturated heterocycles. The number of halogens is 1. The van der Waals surface area contributed by atoms with Gasteiger partial charge >= 0.3 is 0 Å². The van der Waals surface area contributed by atoms with E-state index in [0.29, 0.717) is 0 Å². The molecule has 0 amide bonds. The molecule has 19 nitrogen and oxygen atoms in total. The van der Waals surface area contributed by atoms with E-state index in [2.05, 4.69) is 28.3 Å². The molecule has 0 radical (unpaired) electrons. The first-order valence-electron chi connectivity index (χ1n) is 10.7. The van der Waals surface area contributed by atoms with Gasteiger partial charge in [-0.15, -0.1) is 0 Å². The number of nitrogens with one attached hydrogen (secondary N) is 1. The number of nitrogen functional groups attached to an aromatic ring is 1. The number of hydrogen-bond acceptors (Lipinski definition) is 17. The summed E-state index contributed by atoms with van der Waals surface area (Å²) in [5.74, 6) is -0.288. The fraction of sp³-hybridized carbons (Fsp3) is 0.688. The standard InChI is InChI=1S/C16H24FN5O14P2/c1-4-8(23)10(25)6(17)15(33-4)35-38(30,31)36-37(28,29)32-2-5-9(24)11(26)14(34-5)22-3-19-7-12(22)20-16(18)21-13(7)27/h3-6,8-11,14-15,23-26H,2H2,1H3,(H,28,29)(H,30,31)(H3,18,20,21,27)/p-2/t4?,5-,6?,8-,9?,10?,11?,14-,15-/m1/s1. The number of phosphoric ester groups is 2. The van der Waals surface area contributed by atoms with E-state index in [1.165, 1.54) is 6.92 Å². The molecule has 0 spiro atoms. The van der Waals surface area contributed by atoms with Crippen molar-refractivity contribution in [1.29, 1.82) is 0 Å². The second-order valence-corrected chi connectivity index (χ2v) is 11.2. The number of ether oxygens (including phenoxy) is 2. The monoisotopic (exact) mass is 589 g/mol. The minimum absolute atomic E-state index is 0.130. The molecule has 2 aromatic rings. The number of aromatic amines is 1. The number of phosphoric acid groups is 2. The van der Waals surface area contributed by atoms with Gasteiger partial charge in [-0.25, -0.2) is 13.7 Å². The van der Waals surface area contributed by atoms with E-state index in [-0.39, 0.29) is 17.1 Å². The van der Waals surface area contributed by atoms with Gasteiger partial charge in [0.15, 0.2) is 29.9 Å². The van der Waals surface area contributed by atoms with Gasteiger partial charge < -0.3 is 49.9 Å². The van der Waals surface area contributed by atoms with Gasteiger partial charge in [0, 0.05) is 0 Å². The molecule has 0 aromatic carbocycles. The summed E-state index contributed by atoms with van der Waals surface area (Å²) in [5.41, 5.74) is 4.49. The summed E-state index contributed by atoms with van der Waals surface area (Å²) in [6.07, 6.45) is -15.5. The number of aromatic nitrogens is 4. The van der Waals surface area contributed by atoms with Crippen LogP contribution in [0.25, 0.3) is 11.2 Å². The molecular formula is C16H22FN5O14P2-2. The van der Waals surface area contributed by atoms with Crippen LogP contribution in [0.5, 0.6) is 0 Å². The van der Waals surface area contributed by atoms with Crippen LogP contribution in [0.4, 0.5) is 10.3 Å². The third-order valence-corrected chi connectivity index (χ3v) is 8.19. The Morgan fingerprint density at radius 3 is 2.53 bits per heavy atom. The summed E-state index contributed by atoms with van der Waals surface area (Å²) in [6.45, 7) is 0.0878. The molecule has 0 aliphatic carbocycles. The Morgan fingerprint density at radius 1 is 1.16 bits per heavy atom. The lowest BCUT2D eigenvalue weighted by Crippen LogP contribution is -2.55. The van der Waals surface area contributed by atoms with Crippen molar-refractivity contribution in [3.63, 3.8) is 0 Å². The van der Waals surface area contributed by atoms with E-state index in [9.17, 15) is 48.5 Å². The van der Waals surface area contributed by atoms with Crippen LogP contribution >= 0.6 is 15.6 Å². The fourth-order valence-electron chi connectivity index (χ4n) is 3.76. The topological polar surface area (TPSA) is 297 Å². The van der Waals surface area contributed by atoms with Crippen LogP contribution in [-0.2, 0) is 32.0 Å². The van der Waals surface area contributed by atoms with Crippen LogP contribution in [0, 0.1) is 0 Å². The van der Waals surface area contributed by atoms with Gasteiger partial charge in [-0.2, -0.15) is 4.98 Å². The van der Waals surface area contributed by atoms with Crippen molar-refractivity contribution in [1.82, 2.24) is 19.5 Å². The average molecular weight is 589 g/mol. The van der Waals surface area contributed by atoms with Gasteiger partial charge in [-0.1, -0.05) is 0 Å². The van der Waals surface area contributed by atoms with Crippen molar-refractivity contribution in [2.75, 3.05) is 12.3 Å². The van der Waals surface area contributed by atoms with E-state index in [1.54, 1.807) is 0 Å². The Morgan fingerprint density at radius 2 is 1.84 bits per heavy atom. The lowest BCUT2D eigenvalue weighted by molar-refractivity contribution is -0.289. The Balaban J connectivity index is 1.39. The van der Waals surface area contributed by atoms with Crippen LogP contribution in [0.3, 0.4) is 0 Å². The molecule has 2 aliphatic rings. The number of imidazole rings is 1. The van der Waals surface area contributed by atoms with E-state index in [4.69, 9.17) is 15.2 Å². The van der Waals surface area contributed by atoms with E-state index >= 15 is 0 Å². The summed E-state index contributed by atoms with van der Waals surface area (Å²) in [4.78, 5) is 45.9. The molecule has 2 aromatic heterocycles. The van der Waals surface area contributed by atoms with Crippen LogP contribution in [0.2, 0.25) is 0 Å². The van der Waals surface area contributed by atoms with Crippen molar-refractivity contribution in [2.24, 2.45) is 0 Å². The number of alkyl halides is 1. The number of hydrogen-bond donors (Lipinski definition) is 6. The highest BCUT2D eigenvalue weighted by Gasteiger charge is 2.47. The number of H-pyrrole nitrogens is 1. The molecule has 7 unspecified atom stereocenters. The molecule has 11 atom stereocenters. The first-order valence-corrected chi connectivity index (χ1v) is 13.6. The summed E-state index contributed by atoms with van der Waals surface area (Å²) in [6, 6.07) is 0. The highest BCUT2D eigenvalue weighted by molar-refractivity contribution is 7.59. The molecule has 0 saturated carbocycles. The van der Waals surface area contributed by atoms with Crippen molar-refractivity contribution < 1.29 is 66.6 Å². The number of anilines is 1. The largest absolute Gasteiger partial charge is 0.756 e. The summed E-state index contributed by atoms with van der Waals surface area (Å²) in [5, 5.41) is 39.8. The van der Waals surface area contributed by atoms with E-state index in [0.717, 1.165) is 10.9 Å². The quantitative estimate of drug-likeness (QED) is 0.160. The molecular weight excluding hydrogens is 567 g/mol. The maximum Gasteiger partial charge on any atom is 0.280 e. The second kappa shape index (κ2) is 10.6. The Labute approximate surface area is 210 Å². The number of fused-ring (bicyclic) bond motifs is 1. The van der Waals surface area contributed by atoms with Crippen LogP contribution < -0.4 is 21.1 Å². The van der Waals surface area contributed by atoms with Crippen molar-refractivity contribution >= 4 is 32.8 Å². The summed E-state index contributed by atoms with van der Waals surface area (Å²) >= 11 is 0. The lowest BCUT2D eigenvalue weighted by atomic mass is 10.0. The first-order chi connectivity index (χ1) is 17.6. The molecule has 7 N–H and O–H groups in total. The molecule has 2 fully saturated rings. The van der Waals surface area contributed by atoms with Crippen molar-refractivity contribution in [3.8, 4) is 0 Å². The zero-order valence-electron chi connectivity index (χ0n) is 19.0. The number of nitrogens with two attached hydrogens (primary N) is 1. The summed E-state index contributed by atoms with van der Waals surface area (Å²) in [7, 11) is -11.7. The minimum atomic E-state index is -5.90. The molecule has 4 rings (SSSR count). The summed E-state index contributed by atoms with van der Waals surface area (Å²) < 4.78 is 62.0. The Kier molecular flexibility index (Phi) is 8.10. The third-order valence-electron chi connectivity index (χ3n) is 5.66. The van der Waals surface area contributed by atoms with Gasteiger partial charge in [0.2, 0.25) is 5.95 Å². The SMILES string of the molecule is CC1O[C@H](OP(=O)([O-])OP(=O)([O-])OC[C@H]2O[C@@H](n3cnc4c(=O)[nH]c(N)nc43)C(O)C2O)C(F)C(O)[C@@H]1O. The smallest absolute Gasteiger partial charge is 0.280 e. The van der Waals surface area contributed by atoms with Gasteiger partial charge in [-0.05, 0) is 6.92 Å². The van der Waals surface area contributed by atoms with Gasteiger partial charge in [0.25, 0.3) is 21.2 Å². The van der Waals surface area contributed by atoms with Gasteiger partial charge in [0.05, 0.1) is 19.0 Å². The average Bonchev–Trinajstić information content (AvgIpc) is 3.35. The number of aliphatic hydroxyl groups excluding tert-OH is 4. The Hall–Kier alpha value is -1.90. The van der Waals surface area contributed by atoms with E-state index < -0.39 is 83.1 Å². The molecule has 2 aliphatic heterocycles. The van der Waals surface area contributed by atoms with Crippen LogP contribution in [0.1, 0.15) is 13.2 Å². The molecule has 4 heterocycles.